The van der Waals surface area contributed by atoms with Gasteiger partial charge in [0.05, 0.1) is 11.6 Å². The van der Waals surface area contributed by atoms with E-state index in [9.17, 15) is 9.60 Å². The van der Waals surface area contributed by atoms with Gasteiger partial charge in [-0.1, -0.05) is 25.3 Å². The molecule has 0 fully saturated rings. The molecule has 1 aromatic rings. The Labute approximate surface area is 81.9 Å². The Morgan fingerprint density at radius 2 is 2.21 bits per heavy atom. The molecular formula is C11H11FNO+. The van der Waals surface area contributed by atoms with Gasteiger partial charge in [0.1, 0.15) is 5.82 Å². The minimum atomic E-state index is -0.415. The molecule has 0 amide bonds. The van der Waals surface area contributed by atoms with Gasteiger partial charge in [0, 0.05) is 10.8 Å². The van der Waals surface area contributed by atoms with E-state index in [-0.39, 0.29) is 0 Å². The molecule has 0 spiro atoms. The molecule has 0 unspecified atom stereocenters. The quantitative estimate of drug-likeness (QED) is 0.442. The summed E-state index contributed by atoms with van der Waals surface area (Å²) in [6.45, 7) is 7.08. The zero-order valence-corrected chi connectivity index (χ0v) is 7.65. The van der Waals surface area contributed by atoms with Gasteiger partial charge in [-0.05, 0) is 6.08 Å². The Morgan fingerprint density at radius 1 is 1.50 bits per heavy atom. The predicted molar refractivity (Wildman–Crippen MR) is 52.2 cm³/mol. The molecule has 72 valence electrons. The van der Waals surface area contributed by atoms with Gasteiger partial charge in [-0.25, -0.2) is 4.39 Å². The van der Waals surface area contributed by atoms with Crippen LogP contribution in [0.2, 0.25) is 0 Å². The monoisotopic (exact) mass is 192 g/mol. The highest BCUT2D eigenvalue weighted by Crippen LogP contribution is 2.11. The first-order valence-electron chi connectivity index (χ1n) is 4.05. The molecule has 0 saturated heterocycles. The zero-order chi connectivity index (χ0) is 10.6. The van der Waals surface area contributed by atoms with E-state index in [1.54, 1.807) is 12.2 Å². The van der Waals surface area contributed by atoms with Crippen molar-refractivity contribution >= 4 is 5.57 Å². The topological polar surface area (TPSA) is 24.1 Å². The Bertz CT molecular complexity index is 396. The van der Waals surface area contributed by atoms with Crippen molar-refractivity contribution < 1.29 is 14.3 Å². The molecule has 1 N–H and O–H groups in total. The maximum Gasteiger partial charge on any atom is 0.267 e. The Morgan fingerprint density at radius 3 is 2.79 bits per heavy atom. The predicted octanol–water partition coefficient (Wildman–Crippen LogP) is 2.11. The van der Waals surface area contributed by atoms with Gasteiger partial charge < -0.3 is 0 Å². The van der Waals surface area contributed by atoms with Crippen LogP contribution in [0.1, 0.15) is 5.69 Å². The molecule has 0 radical (unpaired) electrons. The van der Waals surface area contributed by atoms with Crippen LogP contribution >= 0.6 is 0 Å². The van der Waals surface area contributed by atoms with Gasteiger partial charge in [0.15, 0.2) is 0 Å². The molecule has 0 aromatic carbocycles. The molecule has 2 nitrogen and oxygen atoms in total. The average molecular weight is 192 g/mol. The summed E-state index contributed by atoms with van der Waals surface area (Å²) in [5.74, 6) is -0.415. The Kier molecular flexibility index (Phi) is 3.18. The first-order chi connectivity index (χ1) is 6.69. The van der Waals surface area contributed by atoms with E-state index >= 15 is 0 Å². The third kappa shape index (κ3) is 2.07. The molecule has 0 aliphatic carbocycles. The van der Waals surface area contributed by atoms with Gasteiger partial charge in [-0.2, -0.15) is 0 Å². The van der Waals surface area contributed by atoms with E-state index in [0.29, 0.717) is 11.3 Å². The highest BCUT2D eigenvalue weighted by molar-refractivity contribution is 5.70. The number of hydrogen-bond acceptors (Lipinski definition) is 1. The second-order valence-corrected chi connectivity index (χ2v) is 2.64. The second-order valence-electron chi connectivity index (χ2n) is 2.64. The van der Waals surface area contributed by atoms with Gasteiger partial charge in [0.25, 0.3) is 5.69 Å². The molecule has 0 atom stereocenters. The van der Waals surface area contributed by atoms with Crippen LogP contribution in [-0.2, 0) is 0 Å². The van der Waals surface area contributed by atoms with Crippen molar-refractivity contribution in [3.05, 3.63) is 61.2 Å². The molecule has 0 bridgehead atoms. The number of halogens is 1. The summed E-state index contributed by atoms with van der Waals surface area (Å²) in [5.41, 5.74) is 0.932. The molecule has 0 saturated carbocycles. The fraction of sp³-hybridized carbons (Fsp3) is 0. The fourth-order valence-corrected chi connectivity index (χ4v) is 1.07. The minimum absolute atomic E-state index is 0.333. The summed E-state index contributed by atoms with van der Waals surface area (Å²) in [6, 6.07) is 2.38. The van der Waals surface area contributed by atoms with Crippen LogP contribution in [-0.4, -0.2) is 5.21 Å². The maximum absolute atomic E-state index is 12.9. The normalized spacial score (nSPS) is 11.1. The summed E-state index contributed by atoms with van der Waals surface area (Å²) in [6.07, 6.45) is 5.92. The van der Waals surface area contributed by atoms with Gasteiger partial charge in [-0.3, -0.25) is 5.21 Å². The highest BCUT2D eigenvalue weighted by atomic mass is 19.1. The van der Waals surface area contributed by atoms with Gasteiger partial charge in [0.2, 0.25) is 6.20 Å². The largest absolute Gasteiger partial charge is 0.285 e. The number of hydrogen-bond donors (Lipinski definition) is 1. The number of nitrogens with zero attached hydrogens (tertiary/aromatic N) is 1. The van der Waals surface area contributed by atoms with Crippen LogP contribution in [0, 0.1) is 5.82 Å². The summed E-state index contributed by atoms with van der Waals surface area (Å²) < 4.78 is 13.7. The van der Waals surface area contributed by atoms with Crippen molar-refractivity contribution in [3.8, 4) is 0 Å². The van der Waals surface area contributed by atoms with E-state index in [2.05, 4.69) is 13.2 Å². The van der Waals surface area contributed by atoms with E-state index < -0.39 is 5.82 Å². The van der Waals surface area contributed by atoms with Crippen molar-refractivity contribution in [1.82, 2.24) is 0 Å². The lowest BCUT2D eigenvalue weighted by Crippen LogP contribution is -2.34. The third-order valence-electron chi connectivity index (χ3n) is 1.71. The first kappa shape index (κ1) is 10.2. The maximum atomic E-state index is 12.9. The van der Waals surface area contributed by atoms with Gasteiger partial charge >= 0.3 is 0 Å². The zero-order valence-electron chi connectivity index (χ0n) is 7.65. The smallest absolute Gasteiger partial charge is 0.267 e. The highest BCUT2D eigenvalue weighted by Gasteiger charge is 2.13. The lowest BCUT2D eigenvalue weighted by atomic mass is 10.1. The molecular weight excluding hydrogens is 181 g/mol. The molecule has 14 heavy (non-hydrogen) atoms. The minimum Gasteiger partial charge on any atom is -0.285 e. The van der Waals surface area contributed by atoms with Crippen molar-refractivity contribution in [3.63, 3.8) is 0 Å². The van der Waals surface area contributed by atoms with Crippen molar-refractivity contribution in [1.29, 1.82) is 0 Å². The number of pyridine rings is 1. The second kappa shape index (κ2) is 4.37. The number of rotatable bonds is 3. The summed E-state index contributed by atoms with van der Waals surface area (Å²) in [5, 5.41) is 9.39. The summed E-state index contributed by atoms with van der Waals surface area (Å²) in [4.78, 5) is 0. The van der Waals surface area contributed by atoms with E-state index in [1.807, 2.05) is 0 Å². The molecule has 1 heterocycles. The average Bonchev–Trinajstić information content (AvgIpc) is 2.18. The van der Waals surface area contributed by atoms with Crippen LogP contribution < -0.4 is 4.73 Å². The molecule has 0 aliphatic heterocycles. The fourth-order valence-electron chi connectivity index (χ4n) is 1.07. The molecule has 0 aliphatic rings. The van der Waals surface area contributed by atoms with E-state index in [1.165, 1.54) is 18.3 Å². The van der Waals surface area contributed by atoms with Crippen molar-refractivity contribution in [2.45, 2.75) is 0 Å². The Balaban J connectivity index is 3.28. The molecule has 3 heteroatoms. The summed E-state index contributed by atoms with van der Waals surface area (Å²) >= 11 is 0. The SMILES string of the molecule is C=C/C=C(\C=C)c1cc(F)cc[n+]1O. The van der Waals surface area contributed by atoms with Crippen molar-refractivity contribution in [2.24, 2.45) is 0 Å². The lowest BCUT2D eigenvalue weighted by Gasteiger charge is -1.96. The molecule has 1 aromatic heterocycles. The number of aromatic nitrogens is 1. The third-order valence-corrected chi connectivity index (χ3v) is 1.71. The van der Waals surface area contributed by atoms with Crippen molar-refractivity contribution in [2.75, 3.05) is 0 Å². The molecule has 1 rings (SSSR count). The summed E-state index contributed by atoms with van der Waals surface area (Å²) in [7, 11) is 0. The lowest BCUT2D eigenvalue weighted by molar-refractivity contribution is -0.906. The van der Waals surface area contributed by atoms with Crippen LogP contribution in [0.25, 0.3) is 5.57 Å². The Hall–Kier alpha value is -1.90. The number of allylic oxidation sites excluding steroid dienone is 4. The van der Waals surface area contributed by atoms with Crippen LogP contribution in [0.3, 0.4) is 0 Å². The van der Waals surface area contributed by atoms with E-state index in [0.717, 1.165) is 10.8 Å². The van der Waals surface area contributed by atoms with Crippen LogP contribution in [0.15, 0.2) is 49.7 Å². The van der Waals surface area contributed by atoms with Crippen LogP contribution in [0.4, 0.5) is 4.39 Å². The standard InChI is InChI=1S/C11H11FNO/c1-3-5-9(4-2)11-8-10(12)6-7-13(11)14/h3-8,14H,1-2H2/q+1/b9-5+. The van der Waals surface area contributed by atoms with Crippen LogP contribution in [0.5, 0.6) is 0 Å². The first-order valence-corrected chi connectivity index (χ1v) is 4.05. The van der Waals surface area contributed by atoms with E-state index in [4.69, 9.17) is 0 Å². The van der Waals surface area contributed by atoms with Gasteiger partial charge in [-0.15, -0.1) is 0 Å².